The summed E-state index contributed by atoms with van der Waals surface area (Å²) in [6.45, 7) is 9.70. The predicted octanol–water partition coefficient (Wildman–Crippen LogP) is 1.18. The highest BCUT2D eigenvalue weighted by Crippen LogP contribution is 2.33. The third-order valence-electron chi connectivity index (χ3n) is 2.71. The van der Waals surface area contributed by atoms with E-state index >= 15 is 0 Å². The Bertz CT molecular complexity index is 215. The lowest BCUT2D eigenvalue weighted by Gasteiger charge is -2.45. The van der Waals surface area contributed by atoms with Gasteiger partial charge in [-0.25, -0.2) is 0 Å². The van der Waals surface area contributed by atoms with Gasteiger partial charge in [-0.15, -0.1) is 0 Å². The van der Waals surface area contributed by atoms with E-state index in [1.54, 1.807) is 0 Å². The summed E-state index contributed by atoms with van der Waals surface area (Å²) in [5.41, 5.74) is 11.9. The summed E-state index contributed by atoms with van der Waals surface area (Å²) in [4.78, 5) is 0. The highest BCUT2D eigenvalue weighted by Gasteiger charge is 2.53. The average molecular weight is 278 g/mol. The maximum absolute atomic E-state index is 6.28. The number of hydrogen-bond donors (Lipinski definition) is 2. The Balaban J connectivity index is 5.29. The summed E-state index contributed by atoms with van der Waals surface area (Å²) in [6.07, 6.45) is 1.22. The minimum Gasteiger partial charge on any atom is -0.344 e. The van der Waals surface area contributed by atoms with Crippen molar-refractivity contribution in [3.63, 3.8) is 0 Å². The monoisotopic (exact) mass is 278 g/mol. The molecule has 0 fully saturated rings. The van der Waals surface area contributed by atoms with Crippen molar-refractivity contribution in [2.24, 2.45) is 11.5 Å². The molecule has 0 aliphatic heterocycles. The fraction of sp³-hybridized carbons (Fsp3) is 1.00. The highest BCUT2D eigenvalue weighted by atomic mass is 16.8. The number of hydrogen-bond acceptors (Lipinski definition) is 6. The molecule has 19 heavy (non-hydrogen) atoms. The zero-order valence-corrected chi connectivity index (χ0v) is 12.7. The van der Waals surface area contributed by atoms with Crippen molar-refractivity contribution < 1.29 is 18.9 Å². The molecular weight excluding hydrogens is 248 g/mol. The predicted molar refractivity (Wildman–Crippen MR) is 74.4 cm³/mol. The zero-order valence-electron chi connectivity index (χ0n) is 12.7. The first-order valence-electron chi connectivity index (χ1n) is 7.10. The van der Waals surface area contributed by atoms with Crippen LogP contribution in [0.4, 0.5) is 0 Å². The minimum absolute atomic E-state index is 0.404. The molecule has 0 bridgehead atoms. The Morgan fingerprint density at radius 1 is 0.789 bits per heavy atom. The van der Waals surface area contributed by atoms with E-state index in [0.29, 0.717) is 45.8 Å². The molecule has 0 unspecified atom stereocenters. The van der Waals surface area contributed by atoms with Gasteiger partial charge in [-0.2, -0.15) is 0 Å². The fourth-order valence-corrected chi connectivity index (χ4v) is 2.05. The highest BCUT2D eigenvalue weighted by molar-refractivity contribution is 4.85. The van der Waals surface area contributed by atoms with Crippen LogP contribution in [0, 0.1) is 0 Å². The molecule has 0 atom stereocenters. The van der Waals surface area contributed by atoms with E-state index in [1.165, 1.54) is 0 Å². The standard InChI is InChI=1S/C13H30N2O4/c1-5-16-12(17-6-2,10-9-11-14)13(15,18-7-3)19-8-4/h5-11,14-15H2,1-4H3. The smallest absolute Gasteiger partial charge is 0.282 e. The van der Waals surface area contributed by atoms with Gasteiger partial charge in [-0.05, 0) is 40.7 Å². The summed E-state index contributed by atoms with van der Waals surface area (Å²) in [5.74, 6) is -2.57. The molecule has 0 aliphatic rings. The third-order valence-corrected chi connectivity index (χ3v) is 2.71. The molecule has 0 aromatic carbocycles. The molecule has 4 N–H and O–H groups in total. The van der Waals surface area contributed by atoms with Crippen LogP contribution in [0.15, 0.2) is 0 Å². The van der Waals surface area contributed by atoms with Gasteiger partial charge in [0.2, 0.25) is 5.79 Å². The first-order valence-corrected chi connectivity index (χ1v) is 7.10. The molecule has 0 spiro atoms. The largest absolute Gasteiger partial charge is 0.344 e. The van der Waals surface area contributed by atoms with E-state index < -0.39 is 11.7 Å². The second-order valence-corrected chi connectivity index (χ2v) is 4.04. The first-order chi connectivity index (χ1) is 9.05. The molecular formula is C13H30N2O4. The van der Waals surface area contributed by atoms with Crippen LogP contribution < -0.4 is 11.5 Å². The van der Waals surface area contributed by atoms with Crippen molar-refractivity contribution in [3.8, 4) is 0 Å². The minimum atomic E-state index is -1.43. The van der Waals surface area contributed by atoms with Crippen LogP contribution in [-0.4, -0.2) is 44.7 Å². The quantitative estimate of drug-likeness (QED) is 0.521. The average Bonchev–Trinajstić information content (AvgIpc) is 2.37. The first kappa shape index (κ1) is 18.8. The molecule has 0 aromatic rings. The maximum Gasteiger partial charge on any atom is 0.282 e. The molecule has 0 saturated carbocycles. The van der Waals surface area contributed by atoms with Crippen LogP contribution in [-0.2, 0) is 18.9 Å². The normalized spacial score (nSPS) is 12.9. The number of rotatable bonds is 12. The van der Waals surface area contributed by atoms with Crippen LogP contribution >= 0.6 is 0 Å². The van der Waals surface area contributed by atoms with Crippen molar-refractivity contribution in [2.75, 3.05) is 33.0 Å². The van der Waals surface area contributed by atoms with Gasteiger partial charge in [0.15, 0.2) is 0 Å². The Kier molecular flexibility index (Phi) is 9.51. The second-order valence-electron chi connectivity index (χ2n) is 4.04. The topological polar surface area (TPSA) is 89.0 Å². The molecule has 0 radical (unpaired) electrons. The van der Waals surface area contributed by atoms with Crippen molar-refractivity contribution in [1.82, 2.24) is 0 Å². The Hall–Kier alpha value is -0.240. The molecule has 0 heterocycles. The van der Waals surface area contributed by atoms with Gasteiger partial charge in [0.1, 0.15) is 0 Å². The van der Waals surface area contributed by atoms with E-state index in [-0.39, 0.29) is 0 Å². The fourth-order valence-electron chi connectivity index (χ4n) is 2.05. The lowest BCUT2D eigenvalue weighted by molar-refractivity contribution is -0.408. The van der Waals surface area contributed by atoms with Gasteiger partial charge in [-0.3, -0.25) is 5.73 Å². The van der Waals surface area contributed by atoms with Gasteiger partial charge in [-0.1, -0.05) is 0 Å². The van der Waals surface area contributed by atoms with Crippen molar-refractivity contribution in [3.05, 3.63) is 0 Å². The van der Waals surface area contributed by atoms with E-state index in [1.807, 2.05) is 27.7 Å². The number of nitrogens with two attached hydrogens (primary N) is 2. The van der Waals surface area contributed by atoms with E-state index in [4.69, 9.17) is 30.4 Å². The van der Waals surface area contributed by atoms with Gasteiger partial charge < -0.3 is 24.7 Å². The van der Waals surface area contributed by atoms with Gasteiger partial charge in [0, 0.05) is 32.8 Å². The Morgan fingerprint density at radius 2 is 1.21 bits per heavy atom. The summed E-state index contributed by atoms with van der Waals surface area (Å²) >= 11 is 0. The zero-order chi connectivity index (χ0) is 14.8. The maximum atomic E-state index is 6.28. The van der Waals surface area contributed by atoms with Crippen LogP contribution in [0.2, 0.25) is 0 Å². The Labute approximate surface area is 116 Å². The number of ether oxygens (including phenoxy) is 4. The van der Waals surface area contributed by atoms with E-state index in [2.05, 4.69) is 0 Å². The molecule has 116 valence electrons. The Morgan fingerprint density at radius 3 is 1.53 bits per heavy atom. The van der Waals surface area contributed by atoms with Gasteiger partial charge >= 0.3 is 0 Å². The van der Waals surface area contributed by atoms with Crippen LogP contribution in [0.3, 0.4) is 0 Å². The van der Waals surface area contributed by atoms with E-state index in [9.17, 15) is 0 Å². The second kappa shape index (κ2) is 9.63. The van der Waals surface area contributed by atoms with Crippen molar-refractivity contribution >= 4 is 0 Å². The SMILES string of the molecule is CCOC(N)(OCC)C(CCCN)(OCC)OCC. The molecule has 6 heteroatoms. The van der Waals surface area contributed by atoms with Gasteiger partial charge in [0.25, 0.3) is 5.91 Å². The molecule has 0 saturated heterocycles. The van der Waals surface area contributed by atoms with Crippen molar-refractivity contribution in [1.29, 1.82) is 0 Å². The molecule has 0 aliphatic carbocycles. The van der Waals surface area contributed by atoms with E-state index in [0.717, 1.165) is 0 Å². The molecule has 0 aromatic heterocycles. The molecule has 0 rings (SSSR count). The van der Waals surface area contributed by atoms with Crippen LogP contribution in [0.1, 0.15) is 40.5 Å². The summed E-state index contributed by atoms with van der Waals surface area (Å²) in [5, 5.41) is 0. The van der Waals surface area contributed by atoms with Crippen molar-refractivity contribution in [2.45, 2.75) is 52.2 Å². The van der Waals surface area contributed by atoms with Crippen LogP contribution in [0.5, 0.6) is 0 Å². The molecule has 6 nitrogen and oxygen atoms in total. The van der Waals surface area contributed by atoms with Gasteiger partial charge in [0.05, 0.1) is 0 Å². The lowest BCUT2D eigenvalue weighted by atomic mass is 10.1. The van der Waals surface area contributed by atoms with Crippen LogP contribution in [0.25, 0.3) is 0 Å². The lowest BCUT2D eigenvalue weighted by Crippen LogP contribution is -2.66. The summed E-state index contributed by atoms with van der Waals surface area (Å²) in [7, 11) is 0. The third kappa shape index (κ3) is 4.98. The summed E-state index contributed by atoms with van der Waals surface area (Å²) in [6, 6.07) is 0. The molecule has 0 amide bonds. The summed E-state index contributed by atoms with van der Waals surface area (Å²) < 4.78 is 22.8.